The second-order valence-corrected chi connectivity index (χ2v) is 12.2. The molecule has 48 heavy (non-hydrogen) atoms. The van der Waals surface area contributed by atoms with Crippen molar-refractivity contribution in [3.8, 4) is 16.9 Å². The average Bonchev–Trinajstić information content (AvgIpc) is 3.92. The summed E-state index contributed by atoms with van der Waals surface area (Å²) in [4.78, 5) is 33.7. The number of H-pyrrole nitrogens is 1. The molecule has 1 saturated heterocycles. The smallest absolute Gasteiger partial charge is 0.270 e. The van der Waals surface area contributed by atoms with Crippen molar-refractivity contribution in [2.45, 2.75) is 37.1 Å². The van der Waals surface area contributed by atoms with Crippen LogP contribution in [0.1, 0.15) is 41.7 Å². The minimum Gasteiger partial charge on any atom is -0.496 e. The van der Waals surface area contributed by atoms with Crippen molar-refractivity contribution in [3.63, 3.8) is 0 Å². The van der Waals surface area contributed by atoms with Crippen LogP contribution in [0.15, 0.2) is 84.0 Å². The SMILES string of the molecule is COc1ccccc1-c1cc(C2=CCCN(C(=O)CCn3ccnn3)C2)c(F)c2[nH]c(C(=O)N3CCCC3)cc12.Fc1ccc(S)cc1. The van der Waals surface area contributed by atoms with E-state index in [1.165, 1.54) is 12.1 Å². The zero-order valence-electron chi connectivity index (χ0n) is 26.5. The predicted molar refractivity (Wildman–Crippen MR) is 183 cm³/mol. The Labute approximate surface area is 282 Å². The molecule has 0 aliphatic carbocycles. The van der Waals surface area contributed by atoms with E-state index in [4.69, 9.17) is 4.74 Å². The van der Waals surface area contributed by atoms with E-state index in [1.807, 2.05) is 36.4 Å². The third-order valence-electron chi connectivity index (χ3n) is 8.58. The predicted octanol–water partition coefficient (Wildman–Crippen LogP) is 6.63. The van der Waals surface area contributed by atoms with Gasteiger partial charge in [-0.15, -0.1) is 17.7 Å². The number of carbonyl (C=O) groups excluding carboxylic acids is 2. The van der Waals surface area contributed by atoms with Crippen LogP contribution < -0.4 is 4.74 Å². The summed E-state index contributed by atoms with van der Waals surface area (Å²) in [5.74, 6) is -0.148. The second-order valence-electron chi connectivity index (χ2n) is 11.7. The zero-order chi connectivity index (χ0) is 33.6. The number of rotatable bonds is 7. The van der Waals surface area contributed by atoms with Crippen molar-refractivity contribution in [2.75, 3.05) is 33.3 Å². The lowest BCUT2D eigenvalue weighted by Crippen LogP contribution is -2.36. The van der Waals surface area contributed by atoms with Crippen LogP contribution in [0.2, 0.25) is 0 Å². The number of hydrogen-bond acceptors (Lipinski definition) is 6. The first-order valence-electron chi connectivity index (χ1n) is 15.9. The van der Waals surface area contributed by atoms with Crippen LogP contribution in [0.25, 0.3) is 27.6 Å². The Morgan fingerprint density at radius 1 is 0.958 bits per heavy atom. The third-order valence-corrected chi connectivity index (χ3v) is 8.87. The number of aromatic amines is 1. The Balaban J connectivity index is 0.000000441. The zero-order valence-corrected chi connectivity index (χ0v) is 27.4. The number of ether oxygens (including phenoxy) is 1. The molecule has 0 radical (unpaired) electrons. The van der Waals surface area contributed by atoms with Crippen molar-refractivity contribution in [3.05, 3.63) is 102 Å². The minimum absolute atomic E-state index is 0.0223. The molecule has 1 N–H and O–H groups in total. The summed E-state index contributed by atoms with van der Waals surface area (Å²) in [6.07, 6.45) is 8.14. The van der Waals surface area contributed by atoms with E-state index in [9.17, 15) is 14.0 Å². The number of para-hydroxylation sites is 1. The lowest BCUT2D eigenvalue weighted by Gasteiger charge is -2.28. The van der Waals surface area contributed by atoms with Crippen LogP contribution >= 0.6 is 12.6 Å². The van der Waals surface area contributed by atoms with Gasteiger partial charge < -0.3 is 19.5 Å². The summed E-state index contributed by atoms with van der Waals surface area (Å²) in [7, 11) is 1.60. The number of thiol groups is 1. The summed E-state index contributed by atoms with van der Waals surface area (Å²) >= 11 is 3.97. The molecule has 2 aliphatic rings. The second kappa shape index (κ2) is 14.8. The molecule has 2 aromatic heterocycles. The molecule has 0 atom stereocenters. The van der Waals surface area contributed by atoms with E-state index < -0.39 is 5.82 Å². The molecule has 0 saturated carbocycles. The number of methoxy groups -OCH3 is 1. The molecular weight excluding hydrogens is 634 g/mol. The fourth-order valence-corrected chi connectivity index (χ4v) is 6.25. The van der Waals surface area contributed by atoms with E-state index >= 15 is 4.39 Å². The van der Waals surface area contributed by atoms with Crippen LogP contribution in [0, 0.1) is 11.6 Å². The Hall–Kier alpha value is -4.97. The van der Waals surface area contributed by atoms with Gasteiger partial charge in [-0.1, -0.05) is 29.5 Å². The maximum atomic E-state index is 16.3. The number of aromatic nitrogens is 4. The number of halogens is 2. The Bertz CT molecular complexity index is 1910. The standard InChI is InChI=1S/C30H31FN6O3.C6H5FS/c1-40-26-9-3-2-8-21(26)23-17-22(20-7-6-14-36(19-20)27(38)10-15-37-16-11-32-34-37)28(31)29-24(23)18-25(33-29)30(39)35-12-4-5-13-35;7-5-1-3-6(8)4-2-5/h2-3,7-9,11,16-18,33H,4-6,10,12-15,19H2,1H3;1-4,8H. The summed E-state index contributed by atoms with van der Waals surface area (Å²) in [5.41, 5.74) is 3.34. The molecule has 7 rings (SSSR count). The molecule has 12 heteroatoms. The molecule has 2 amide bonds. The van der Waals surface area contributed by atoms with Gasteiger partial charge in [-0.2, -0.15) is 0 Å². The number of carbonyl (C=O) groups is 2. The number of hydrogen-bond donors (Lipinski definition) is 2. The summed E-state index contributed by atoms with van der Waals surface area (Å²) < 4.78 is 35.6. The van der Waals surface area contributed by atoms with Crippen molar-refractivity contribution in [1.29, 1.82) is 0 Å². The van der Waals surface area contributed by atoms with Crippen LogP contribution in [0.3, 0.4) is 0 Å². The molecule has 0 bridgehead atoms. The van der Waals surface area contributed by atoms with Gasteiger partial charge in [0, 0.05) is 60.2 Å². The highest BCUT2D eigenvalue weighted by atomic mass is 32.1. The van der Waals surface area contributed by atoms with Crippen molar-refractivity contribution in [1.82, 2.24) is 29.8 Å². The van der Waals surface area contributed by atoms with Crippen LogP contribution in [0.5, 0.6) is 5.75 Å². The van der Waals surface area contributed by atoms with Gasteiger partial charge in [0.15, 0.2) is 5.82 Å². The largest absolute Gasteiger partial charge is 0.496 e. The normalized spacial score (nSPS) is 14.5. The first-order valence-corrected chi connectivity index (χ1v) is 16.3. The molecule has 9 nitrogen and oxygen atoms in total. The lowest BCUT2D eigenvalue weighted by atomic mass is 9.93. The number of benzene rings is 3. The lowest BCUT2D eigenvalue weighted by molar-refractivity contribution is -0.131. The molecule has 5 aromatic rings. The molecule has 3 aromatic carbocycles. The van der Waals surface area contributed by atoms with E-state index in [2.05, 4.69) is 27.9 Å². The van der Waals surface area contributed by atoms with Gasteiger partial charge in [-0.25, -0.2) is 8.78 Å². The van der Waals surface area contributed by atoms with Crippen molar-refractivity contribution in [2.24, 2.45) is 0 Å². The highest BCUT2D eigenvalue weighted by molar-refractivity contribution is 7.80. The summed E-state index contributed by atoms with van der Waals surface area (Å²) in [6.45, 7) is 2.71. The number of nitrogens with one attached hydrogen (secondary N) is 1. The fraction of sp³-hybridized carbons (Fsp3) is 0.278. The number of nitrogens with zero attached hydrogens (tertiary/aromatic N) is 5. The fourth-order valence-electron chi connectivity index (χ4n) is 6.10. The Kier molecular flexibility index (Phi) is 10.2. The Morgan fingerprint density at radius 3 is 2.44 bits per heavy atom. The van der Waals surface area contributed by atoms with Gasteiger partial charge in [-0.05, 0) is 72.9 Å². The number of aryl methyl sites for hydroxylation is 1. The first kappa shape index (κ1) is 33.0. The number of amides is 2. The molecule has 2 aliphatic heterocycles. The molecule has 1 fully saturated rings. The summed E-state index contributed by atoms with van der Waals surface area (Å²) in [6, 6.07) is 17.1. The molecular formula is C36H36F2N6O3S. The molecule has 248 valence electrons. The quantitative estimate of drug-likeness (QED) is 0.190. The van der Waals surface area contributed by atoms with E-state index in [0.717, 1.165) is 34.4 Å². The monoisotopic (exact) mass is 670 g/mol. The van der Waals surface area contributed by atoms with E-state index in [-0.39, 0.29) is 29.6 Å². The van der Waals surface area contributed by atoms with Gasteiger partial charge in [0.2, 0.25) is 5.91 Å². The third kappa shape index (κ3) is 7.28. The highest BCUT2D eigenvalue weighted by Gasteiger charge is 2.27. The van der Waals surface area contributed by atoms with Crippen LogP contribution in [0.4, 0.5) is 8.78 Å². The highest BCUT2D eigenvalue weighted by Crippen LogP contribution is 2.40. The van der Waals surface area contributed by atoms with Gasteiger partial charge in [0.1, 0.15) is 17.3 Å². The molecule has 0 unspecified atom stereocenters. The van der Waals surface area contributed by atoms with Gasteiger partial charge in [-0.3, -0.25) is 14.3 Å². The maximum absolute atomic E-state index is 16.3. The number of fused-ring (bicyclic) bond motifs is 1. The minimum atomic E-state index is -0.433. The molecule has 4 heterocycles. The van der Waals surface area contributed by atoms with Crippen LogP contribution in [-0.4, -0.2) is 74.9 Å². The van der Waals surface area contributed by atoms with E-state index in [0.29, 0.717) is 61.5 Å². The maximum Gasteiger partial charge on any atom is 0.270 e. The van der Waals surface area contributed by atoms with Gasteiger partial charge in [0.05, 0.1) is 25.4 Å². The van der Waals surface area contributed by atoms with E-state index in [1.54, 1.807) is 52.2 Å². The topological polar surface area (TPSA) is 96.3 Å². The molecule has 0 spiro atoms. The average molecular weight is 671 g/mol. The first-order chi connectivity index (χ1) is 23.3. The number of likely N-dealkylation sites (tertiary alicyclic amines) is 1. The van der Waals surface area contributed by atoms with Crippen molar-refractivity contribution >= 4 is 40.9 Å². The van der Waals surface area contributed by atoms with Gasteiger partial charge in [0.25, 0.3) is 5.91 Å². The Morgan fingerprint density at radius 2 is 1.73 bits per heavy atom. The van der Waals surface area contributed by atoms with Gasteiger partial charge >= 0.3 is 0 Å². The van der Waals surface area contributed by atoms with Crippen molar-refractivity contribution < 1.29 is 23.1 Å². The van der Waals surface area contributed by atoms with Crippen LogP contribution in [-0.2, 0) is 11.3 Å². The summed E-state index contributed by atoms with van der Waals surface area (Å²) in [5, 5.41) is 8.32.